The monoisotopic (exact) mass is 590 g/mol. The number of rotatable bonds is 12. The standard InChI is InChI=1S/C29H29ClF2N2O7/c1-38-27-15-34(28(36)14-22(27)21-12-18(30)3-5-26(21)41-7-6-31)24(13-19-16-39-8-9-40-19)25(35)11-17-2-4-20(29(33)37)23(32)10-17/h2-5,10,12,14-15,19,24H,6-9,11,13,16H2,1H3,(H2,33,37). The number of halogens is 3. The fourth-order valence-electron chi connectivity index (χ4n) is 4.64. The van der Waals surface area contributed by atoms with Gasteiger partial charge in [0.1, 0.15) is 30.6 Å². The molecule has 4 rings (SSSR count). The van der Waals surface area contributed by atoms with E-state index in [0.717, 1.165) is 6.07 Å². The van der Waals surface area contributed by atoms with Crippen molar-refractivity contribution < 1.29 is 37.3 Å². The van der Waals surface area contributed by atoms with Gasteiger partial charge in [0.25, 0.3) is 11.5 Å². The molecular weight excluding hydrogens is 562 g/mol. The summed E-state index contributed by atoms with van der Waals surface area (Å²) in [5.41, 5.74) is 5.38. The summed E-state index contributed by atoms with van der Waals surface area (Å²) in [5.74, 6) is -1.66. The van der Waals surface area contributed by atoms with Gasteiger partial charge in [-0.1, -0.05) is 17.7 Å². The molecule has 1 aromatic heterocycles. The van der Waals surface area contributed by atoms with E-state index in [0.29, 0.717) is 40.7 Å². The third-order valence-corrected chi connectivity index (χ3v) is 6.82. The lowest BCUT2D eigenvalue weighted by Gasteiger charge is -2.28. The number of primary amides is 1. The molecule has 0 radical (unpaired) electrons. The lowest BCUT2D eigenvalue weighted by atomic mass is 9.97. The zero-order chi connectivity index (χ0) is 29.5. The first-order valence-corrected chi connectivity index (χ1v) is 13.2. The van der Waals surface area contributed by atoms with Crippen molar-refractivity contribution in [1.29, 1.82) is 0 Å². The molecule has 41 heavy (non-hydrogen) atoms. The number of nitrogens with zero attached hydrogens (tertiary/aromatic N) is 1. The molecule has 1 amide bonds. The number of nitrogens with two attached hydrogens (primary N) is 1. The highest BCUT2D eigenvalue weighted by Crippen LogP contribution is 2.38. The molecule has 2 unspecified atom stereocenters. The molecular formula is C29H29ClF2N2O7. The zero-order valence-electron chi connectivity index (χ0n) is 22.2. The van der Waals surface area contributed by atoms with Crippen LogP contribution >= 0.6 is 11.6 Å². The predicted octanol–water partition coefficient (Wildman–Crippen LogP) is 3.92. The normalized spacial score (nSPS) is 15.8. The Labute approximate surface area is 239 Å². The van der Waals surface area contributed by atoms with Gasteiger partial charge >= 0.3 is 0 Å². The van der Waals surface area contributed by atoms with E-state index < -0.39 is 41.9 Å². The smallest absolute Gasteiger partial charge is 0.252 e. The highest BCUT2D eigenvalue weighted by molar-refractivity contribution is 6.31. The van der Waals surface area contributed by atoms with Crippen molar-refractivity contribution in [2.24, 2.45) is 5.73 Å². The van der Waals surface area contributed by atoms with Crippen LogP contribution < -0.4 is 20.8 Å². The third-order valence-electron chi connectivity index (χ3n) is 6.59. The first kappa shape index (κ1) is 30.2. The summed E-state index contributed by atoms with van der Waals surface area (Å²) in [6.45, 7) is 0.0592. The van der Waals surface area contributed by atoms with E-state index >= 15 is 0 Å². The Morgan fingerprint density at radius 1 is 1.15 bits per heavy atom. The number of methoxy groups -OCH3 is 1. The van der Waals surface area contributed by atoms with E-state index in [1.165, 1.54) is 36.1 Å². The van der Waals surface area contributed by atoms with Crippen LogP contribution in [0.15, 0.2) is 53.5 Å². The molecule has 9 nitrogen and oxygen atoms in total. The number of hydrogen-bond acceptors (Lipinski definition) is 7. The molecule has 2 atom stereocenters. The van der Waals surface area contributed by atoms with Gasteiger partial charge in [0.2, 0.25) is 0 Å². The summed E-state index contributed by atoms with van der Waals surface area (Å²) in [6.07, 6.45) is 0.796. The molecule has 2 aromatic carbocycles. The zero-order valence-corrected chi connectivity index (χ0v) is 23.0. The number of amides is 1. The van der Waals surface area contributed by atoms with Gasteiger partial charge < -0.3 is 29.2 Å². The molecule has 1 aliphatic heterocycles. The fourth-order valence-corrected chi connectivity index (χ4v) is 4.81. The average Bonchev–Trinajstić information content (AvgIpc) is 2.95. The summed E-state index contributed by atoms with van der Waals surface area (Å²) in [6, 6.07) is 8.68. The molecule has 0 spiro atoms. The number of pyridine rings is 1. The number of ether oxygens (including phenoxy) is 4. The van der Waals surface area contributed by atoms with Gasteiger partial charge in [-0.15, -0.1) is 0 Å². The van der Waals surface area contributed by atoms with Crippen molar-refractivity contribution in [2.75, 3.05) is 40.2 Å². The van der Waals surface area contributed by atoms with Crippen LogP contribution in [0.4, 0.5) is 8.78 Å². The van der Waals surface area contributed by atoms with Crippen molar-refractivity contribution in [3.8, 4) is 22.6 Å². The number of carbonyl (C=O) groups is 2. The van der Waals surface area contributed by atoms with E-state index in [1.54, 1.807) is 18.2 Å². The van der Waals surface area contributed by atoms with Crippen molar-refractivity contribution >= 4 is 23.3 Å². The number of alkyl halides is 1. The number of aromatic nitrogens is 1. The van der Waals surface area contributed by atoms with Crippen molar-refractivity contribution in [2.45, 2.75) is 25.0 Å². The first-order chi connectivity index (χ1) is 19.7. The first-order valence-electron chi connectivity index (χ1n) is 12.8. The second kappa shape index (κ2) is 13.7. The number of hydrogen-bond donors (Lipinski definition) is 1. The predicted molar refractivity (Wildman–Crippen MR) is 147 cm³/mol. The maximum Gasteiger partial charge on any atom is 0.252 e. The van der Waals surface area contributed by atoms with E-state index in [2.05, 4.69) is 0 Å². The van der Waals surface area contributed by atoms with Gasteiger partial charge in [0.05, 0.1) is 50.8 Å². The maximum absolute atomic E-state index is 14.4. The van der Waals surface area contributed by atoms with Crippen LogP contribution in [-0.4, -0.2) is 62.6 Å². The summed E-state index contributed by atoms with van der Waals surface area (Å²) in [7, 11) is 1.40. The van der Waals surface area contributed by atoms with Gasteiger partial charge in [-0.25, -0.2) is 8.78 Å². The third kappa shape index (κ3) is 7.29. The van der Waals surface area contributed by atoms with E-state index in [1.807, 2.05) is 0 Å². The van der Waals surface area contributed by atoms with Crippen LogP contribution in [0.3, 0.4) is 0 Å². The minimum atomic E-state index is -1.03. The van der Waals surface area contributed by atoms with E-state index in [4.69, 9.17) is 36.3 Å². The Morgan fingerprint density at radius 3 is 2.59 bits per heavy atom. The van der Waals surface area contributed by atoms with Crippen LogP contribution in [-0.2, 0) is 20.7 Å². The van der Waals surface area contributed by atoms with Gasteiger partial charge in [0.15, 0.2) is 5.78 Å². The highest BCUT2D eigenvalue weighted by atomic mass is 35.5. The number of Topliss-reactive ketones (excluding diaryl/α,β-unsaturated/α-hetero) is 1. The SMILES string of the molecule is COc1cn(C(CC2COCCO2)C(=O)Cc2ccc(C(N)=O)c(F)c2)c(=O)cc1-c1cc(Cl)ccc1OCCF. The van der Waals surface area contributed by atoms with Crippen LogP contribution in [0.5, 0.6) is 11.5 Å². The highest BCUT2D eigenvalue weighted by Gasteiger charge is 2.29. The molecule has 3 aromatic rings. The lowest BCUT2D eigenvalue weighted by molar-refractivity contribution is -0.126. The fraction of sp³-hybridized carbons (Fsp3) is 0.345. The minimum absolute atomic E-state index is 0.102. The van der Waals surface area contributed by atoms with Crippen molar-refractivity contribution in [1.82, 2.24) is 4.57 Å². The Kier molecular flexibility index (Phi) is 10.1. The summed E-state index contributed by atoms with van der Waals surface area (Å²) >= 11 is 6.21. The topological polar surface area (TPSA) is 119 Å². The average molecular weight is 591 g/mol. The minimum Gasteiger partial charge on any atom is -0.495 e. The molecule has 0 aliphatic carbocycles. The molecule has 0 bridgehead atoms. The largest absolute Gasteiger partial charge is 0.495 e. The second-order valence-electron chi connectivity index (χ2n) is 9.32. The molecule has 1 saturated heterocycles. The summed E-state index contributed by atoms with van der Waals surface area (Å²) in [4.78, 5) is 38.6. The Morgan fingerprint density at radius 2 is 1.93 bits per heavy atom. The summed E-state index contributed by atoms with van der Waals surface area (Å²) in [5, 5.41) is 0.357. The summed E-state index contributed by atoms with van der Waals surface area (Å²) < 4.78 is 50.8. The van der Waals surface area contributed by atoms with Gasteiger partial charge in [-0.05, 0) is 35.9 Å². The second-order valence-corrected chi connectivity index (χ2v) is 9.76. The van der Waals surface area contributed by atoms with Crippen molar-refractivity contribution in [3.63, 3.8) is 0 Å². The van der Waals surface area contributed by atoms with Crippen LogP contribution in [0, 0.1) is 5.82 Å². The number of benzene rings is 2. The van der Waals surface area contributed by atoms with Gasteiger partial charge in [-0.3, -0.25) is 14.4 Å². The maximum atomic E-state index is 14.4. The van der Waals surface area contributed by atoms with Crippen LogP contribution in [0.2, 0.25) is 5.02 Å². The van der Waals surface area contributed by atoms with Gasteiger partial charge in [0, 0.05) is 35.1 Å². The van der Waals surface area contributed by atoms with E-state index in [-0.39, 0.29) is 37.4 Å². The van der Waals surface area contributed by atoms with Crippen LogP contribution in [0.25, 0.3) is 11.1 Å². The Bertz CT molecular complexity index is 1470. The quantitative estimate of drug-likeness (QED) is 0.340. The molecule has 218 valence electrons. The Balaban J connectivity index is 1.74. The number of ketones is 1. The molecule has 1 fully saturated rings. The molecule has 2 heterocycles. The lowest BCUT2D eigenvalue weighted by Crippen LogP contribution is -2.37. The molecule has 12 heteroatoms. The van der Waals surface area contributed by atoms with Gasteiger partial charge in [-0.2, -0.15) is 0 Å². The Hall–Kier alpha value is -3.80. The molecule has 0 saturated carbocycles. The van der Waals surface area contributed by atoms with Crippen LogP contribution in [0.1, 0.15) is 28.4 Å². The van der Waals surface area contributed by atoms with E-state index in [9.17, 15) is 23.2 Å². The molecule has 1 aliphatic rings. The number of carbonyl (C=O) groups excluding carboxylic acids is 2. The molecule has 2 N–H and O–H groups in total. The van der Waals surface area contributed by atoms with Crippen molar-refractivity contribution in [3.05, 3.63) is 81.0 Å².